The first-order valence-corrected chi connectivity index (χ1v) is 6.76. The molecule has 2 aromatic carbocycles. The summed E-state index contributed by atoms with van der Waals surface area (Å²) in [4.78, 5) is 14.3. The number of anilines is 1. The van der Waals surface area contributed by atoms with Crippen LogP contribution in [0.15, 0.2) is 61.2 Å². The molecule has 0 aliphatic carbocycles. The van der Waals surface area contributed by atoms with Crippen LogP contribution in [-0.4, -0.2) is 12.5 Å². The molecule has 2 heteroatoms. The highest BCUT2D eigenvalue weighted by atomic mass is 16.2. The largest absolute Gasteiger partial charge is 0.309 e. The van der Waals surface area contributed by atoms with Gasteiger partial charge in [0.05, 0.1) is 0 Å². The quantitative estimate of drug-likeness (QED) is 0.763. The van der Waals surface area contributed by atoms with E-state index in [4.69, 9.17) is 0 Å². The van der Waals surface area contributed by atoms with Crippen LogP contribution in [0.2, 0.25) is 0 Å². The van der Waals surface area contributed by atoms with Crippen LogP contribution in [-0.2, 0) is 4.79 Å². The van der Waals surface area contributed by atoms with E-state index in [9.17, 15) is 4.79 Å². The van der Waals surface area contributed by atoms with Gasteiger partial charge in [-0.05, 0) is 31.5 Å². The Morgan fingerprint density at radius 1 is 1.05 bits per heavy atom. The van der Waals surface area contributed by atoms with Crippen molar-refractivity contribution in [3.05, 3.63) is 72.3 Å². The van der Waals surface area contributed by atoms with E-state index in [1.165, 1.54) is 5.56 Å². The van der Waals surface area contributed by atoms with Gasteiger partial charge in [0.2, 0.25) is 0 Å². The van der Waals surface area contributed by atoms with Gasteiger partial charge in [-0.25, -0.2) is 0 Å². The van der Waals surface area contributed by atoms with E-state index in [1.807, 2.05) is 68.4 Å². The Labute approximate surface area is 120 Å². The van der Waals surface area contributed by atoms with Crippen LogP contribution in [0.1, 0.15) is 18.1 Å². The molecule has 0 fully saturated rings. The van der Waals surface area contributed by atoms with Gasteiger partial charge in [0.25, 0.3) is 5.91 Å². The molecular formula is C18H19NO. The number of likely N-dealkylation sites (N-methyl/N-ethyl adjacent to an activating group) is 1. The predicted octanol–water partition coefficient (Wildman–Crippen LogP) is 4.06. The first-order valence-electron chi connectivity index (χ1n) is 6.76. The molecule has 0 unspecified atom stereocenters. The van der Waals surface area contributed by atoms with Gasteiger partial charge in [-0.15, -0.1) is 0 Å². The lowest BCUT2D eigenvalue weighted by Crippen LogP contribution is -2.31. The molecule has 0 heterocycles. The number of aryl methyl sites for hydroxylation is 1. The Balaban J connectivity index is 2.25. The van der Waals surface area contributed by atoms with E-state index in [-0.39, 0.29) is 5.91 Å². The van der Waals surface area contributed by atoms with Crippen LogP contribution in [0.5, 0.6) is 0 Å². The molecule has 2 nitrogen and oxygen atoms in total. The molecule has 0 N–H and O–H groups in total. The molecule has 0 radical (unpaired) electrons. The second kappa shape index (κ2) is 6.20. The Kier molecular flexibility index (Phi) is 4.36. The molecule has 0 aliphatic heterocycles. The molecule has 0 atom stereocenters. The maximum atomic E-state index is 12.6. The highest BCUT2D eigenvalue weighted by molar-refractivity contribution is 6.25. The van der Waals surface area contributed by atoms with Crippen LogP contribution >= 0.6 is 0 Å². The number of nitrogens with zero attached hydrogens (tertiary/aromatic N) is 1. The van der Waals surface area contributed by atoms with Crippen molar-refractivity contribution in [3.8, 4) is 0 Å². The highest BCUT2D eigenvalue weighted by Crippen LogP contribution is 2.21. The van der Waals surface area contributed by atoms with Crippen molar-refractivity contribution in [1.29, 1.82) is 0 Å². The zero-order chi connectivity index (χ0) is 14.5. The molecule has 0 aliphatic rings. The average molecular weight is 265 g/mol. The molecule has 0 bridgehead atoms. The third-order valence-corrected chi connectivity index (χ3v) is 3.29. The van der Waals surface area contributed by atoms with Gasteiger partial charge in [0.1, 0.15) is 0 Å². The molecular weight excluding hydrogens is 246 g/mol. The number of hydrogen-bond acceptors (Lipinski definition) is 1. The summed E-state index contributed by atoms with van der Waals surface area (Å²) in [5, 5.41) is 0. The van der Waals surface area contributed by atoms with Crippen molar-refractivity contribution >= 4 is 17.2 Å². The Morgan fingerprint density at radius 3 is 2.20 bits per heavy atom. The summed E-state index contributed by atoms with van der Waals surface area (Å²) >= 11 is 0. The van der Waals surface area contributed by atoms with Crippen LogP contribution in [0.3, 0.4) is 0 Å². The third-order valence-electron chi connectivity index (χ3n) is 3.29. The maximum absolute atomic E-state index is 12.6. The molecule has 2 aromatic rings. The molecule has 102 valence electrons. The van der Waals surface area contributed by atoms with Crippen molar-refractivity contribution in [1.82, 2.24) is 0 Å². The smallest absolute Gasteiger partial charge is 0.258 e. The summed E-state index contributed by atoms with van der Waals surface area (Å²) in [6.07, 6.45) is 0. The van der Waals surface area contributed by atoms with E-state index in [1.54, 1.807) is 4.90 Å². The average Bonchev–Trinajstić information content (AvgIpc) is 2.49. The van der Waals surface area contributed by atoms with E-state index in [2.05, 4.69) is 6.58 Å². The third kappa shape index (κ3) is 2.97. The number of benzene rings is 2. The van der Waals surface area contributed by atoms with E-state index in [0.717, 1.165) is 11.3 Å². The van der Waals surface area contributed by atoms with Gasteiger partial charge in [-0.1, -0.05) is 54.6 Å². The van der Waals surface area contributed by atoms with Gasteiger partial charge >= 0.3 is 0 Å². The number of para-hydroxylation sites is 1. The van der Waals surface area contributed by atoms with E-state index < -0.39 is 0 Å². The molecule has 0 saturated carbocycles. The van der Waals surface area contributed by atoms with Crippen molar-refractivity contribution in [2.24, 2.45) is 0 Å². The molecule has 20 heavy (non-hydrogen) atoms. The Bertz CT molecular complexity index is 599. The first-order chi connectivity index (χ1) is 9.63. The second-order valence-corrected chi connectivity index (χ2v) is 4.73. The molecule has 2 rings (SSSR count). The second-order valence-electron chi connectivity index (χ2n) is 4.73. The monoisotopic (exact) mass is 265 g/mol. The number of amides is 1. The van der Waals surface area contributed by atoms with Gasteiger partial charge < -0.3 is 4.90 Å². The van der Waals surface area contributed by atoms with Crippen LogP contribution in [0.25, 0.3) is 5.57 Å². The van der Waals surface area contributed by atoms with Crippen molar-refractivity contribution < 1.29 is 4.79 Å². The Hall–Kier alpha value is -2.35. The maximum Gasteiger partial charge on any atom is 0.258 e. The van der Waals surface area contributed by atoms with Crippen molar-refractivity contribution in [3.63, 3.8) is 0 Å². The summed E-state index contributed by atoms with van der Waals surface area (Å²) in [7, 11) is 0. The minimum atomic E-state index is -0.0532. The summed E-state index contributed by atoms with van der Waals surface area (Å²) in [5.74, 6) is -0.0532. The summed E-state index contributed by atoms with van der Waals surface area (Å²) in [6, 6.07) is 17.5. The van der Waals surface area contributed by atoms with E-state index in [0.29, 0.717) is 12.1 Å². The zero-order valence-corrected chi connectivity index (χ0v) is 12.0. The first kappa shape index (κ1) is 14.1. The number of carbonyl (C=O) groups is 1. The minimum Gasteiger partial charge on any atom is -0.309 e. The van der Waals surface area contributed by atoms with Crippen LogP contribution < -0.4 is 4.90 Å². The summed E-state index contributed by atoms with van der Waals surface area (Å²) in [6.45, 7) is 8.57. The topological polar surface area (TPSA) is 20.3 Å². The molecule has 0 aromatic heterocycles. The molecule has 0 saturated heterocycles. The Morgan fingerprint density at radius 2 is 1.65 bits per heavy atom. The fourth-order valence-electron chi connectivity index (χ4n) is 2.09. The minimum absolute atomic E-state index is 0.0532. The lowest BCUT2D eigenvalue weighted by molar-refractivity contribution is -0.113. The van der Waals surface area contributed by atoms with Gasteiger partial charge in [-0.3, -0.25) is 4.79 Å². The SMILES string of the molecule is C=C(C(=O)N(CC)c1ccccc1)c1ccc(C)cc1. The predicted molar refractivity (Wildman–Crippen MR) is 84.7 cm³/mol. The number of hydrogen-bond donors (Lipinski definition) is 0. The van der Waals surface area contributed by atoms with Crippen molar-refractivity contribution in [2.45, 2.75) is 13.8 Å². The lowest BCUT2D eigenvalue weighted by atomic mass is 10.0. The fraction of sp³-hybridized carbons (Fsp3) is 0.167. The standard InChI is InChI=1S/C18H19NO/c1-4-19(17-8-6-5-7-9-17)18(20)15(3)16-12-10-14(2)11-13-16/h5-13H,3-4H2,1-2H3. The van der Waals surface area contributed by atoms with Crippen LogP contribution in [0, 0.1) is 6.92 Å². The highest BCUT2D eigenvalue weighted by Gasteiger charge is 2.17. The van der Waals surface area contributed by atoms with Crippen molar-refractivity contribution in [2.75, 3.05) is 11.4 Å². The molecule has 0 spiro atoms. The van der Waals surface area contributed by atoms with Crippen LogP contribution in [0.4, 0.5) is 5.69 Å². The summed E-state index contributed by atoms with van der Waals surface area (Å²) < 4.78 is 0. The molecule has 1 amide bonds. The zero-order valence-electron chi connectivity index (χ0n) is 12.0. The number of rotatable bonds is 4. The summed E-state index contributed by atoms with van der Waals surface area (Å²) in [5.41, 5.74) is 3.46. The van der Waals surface area contributed by atoms with Gasteiger partial charge in [-0.2, -0.15) is 0 Å². The van der Waals surface area contributed by atoms with Gasteiger partial charge in [0, 0.05) is 17.8 Å². The van der Waals surface area contributed by atoms with E-state index >= 15 is 0 Å². The normalized spacial score (nSPS) is 10.1. The lowest BCUT2D eigenvalue weighted by Gasteiger charge is -2.22. The number of carbonyl (C=O) groups excluding carboxylic acids is 1. The van der Waals surface area contributed by atoms with Gasteiger partial charge in [0.15, 0.2) is 0 Å². The fourth-order valence-corrected chi connectivity index (χ4v) is 2.09.